The maximum atomic E-state index is 12.5. The highest BCUT2D eigenvalue weighted by Gasteiger charge is 2.18. The monoisotopic (exact) mass is 1190 g/mol. The molecule has 3 N–H and O–H groups in total. The van der Waals surface area contributed by atoms with Crippen molar-refractivity contribution in [2.45, 2.75) is 418 Å². The minimum absolute atomic E-state index is 0.00661. The molecule has 1 amide bonds. The third kappa shape index (κ3) is 70.5. The highest BCUT2D eigenvalue weighted by molar-refractivity contribution is 5.76. The van der Waals surface area contributed by atoms with E-state index in [9.17, 15) is 19.8 Å². The first-order valence-electron chi connectivity index (χ1n) is 38.1. The smallest absolute Gasteiger partial charge is 0.305 e. The minimum atomic E-state index is -0.842. The van der Waals surface area contributed by atoms with Gasteiger partial charge in [-0.25, -0.2) is 0 Å². The van der Waals surface area contributed by atoms with Crippen molar-refractivity contribution in [3.63, 3.8) is 0 Å². The lowest BCUT2D eigenvalue weighted by molar-refractivity contribution is -0.143. The molecule has 0 aliphatic rings. The molecular weight excluding hydrogens is 1040 g/mol. The molecule has 0 saturated heterocycles. The topological polar surface area (TPSA) is 95.9 Å². The van der Waals surface area contributed by atoms with Crippen LogP contribution in [-0.2, 0) is 14.3 Å². The minimum Gasteiger partial charge on any atom is -0.466 e. The molecule has 0 radical (unpaired) electrons. The number of aliphatic hydroxyl groups excluding tert-OH is 2. The number of allylic oxidation sites excluding steroid dienone is 9. The number of hydrogen-bond acceptors (Lipinski definition) is 5. The average molecular weight is 1190 g/mol. The molecule has 0 aromatic carbocycles. The fraction of sp³-hybridized carbons (Fsp3) is 0.848. The Balaban J connectivity index is 3.36. The maximum Gasteiger partial charge on any atom is 0.305 e. The third-order valence-corrected chi connectivity index (χ3v) is 17.5. The van der Waals surface area contributed by atoms with Crippen LogP contribution < -0.4 is 5.32 Å². The van der Waals surface area contributed by atoms with Crippen molar-refractivity contribution in [3.05, 3.63) is 60.8 Å². The van der Waals surface area contributed by atoms with Gasteiger partial charge in [-0.05, 0) is 96.3 Å². The van der Waals surface area contributed by atoms with Gasteiger partial charge in [0.2, 0.25) is 5.91 Å². The van der Waals surface area contributed by atoms with Crippen LogP contribution in [0.2, 0.25) is 0 Å². The van der Waals surface area contributed by atoms with Crippen molar-refractivity contribution in [1.29, 1.82) is 0 Å². The summed E-state index contributed by atoms with van der Waals surface area (Å²) in [6.45, 7) is 4.90. The van der Waals surface area contributed by atoms with Gasteiger partial charge in [0.25, 0.3) is 0 Å². The van der Waals surface area contributed by atoms with Crippen LogP contribution in [0.1, 0.15) is 406 Å². The first kappa shape index (κ1) is 82.6. The van der Waals surface area contributed by atoms with Crippen LogP contribution in [0.15, 0.2) is 60.8 Å². The van der Waals surface area contributed by atoms with E-state index in [1.54, 1.807) is 6.08 Å². The molecule has 0 spiro atoms. The van der Waals surface area contributed by atoms with E-state index in [-0.39, 0.29) is 18.5 Å². The van der Waals surface area contributed by atoms with Gasteiger partial charge in [0.1, 0.15) is 0 Å². The zero-order valence-corrected chi connectivity index (χ0v) is 57.1. The number of nitrogens with one attached hydrogen (secondary N) is 1. The maximum absolute atomic E-state index is 12.5. The summed E-state index contributed by atoms with van der Waals surface area (Å²) in [6.07, 6.45) is 99.1. The zero-order chi connectivity index (χ0) is 61.3. The number of amides is 1. The Labute approximate surface area is 530 Å². The second-order valence-corrected chi connectivity index (χ2v) is 26.0. The molecule has 6 nitrogen and oxygen atoms in total. The van der Waals surface area contributed by atoms with Gasteiger partial charge in [-0.3, -0.25) is 9.59 Å². The molecule has 0 aromatic rings. The lowest BCUT2D eigenvalue weighted by Gasteiger charge is -2.20. The van der Waals surface area contributed by atoms with Gasteiger partial charge in [-0.2, -0.15) is 0 Å². The van der Waals surface area contributed by atoms with Gasteiger partial charge in [-0.1, -0.05) is 357 Å². The van der Waals surface area contributed by atoms with Crippen LogP contribution in [0.25, 0.3) is 0 Å². The summed E-state index contributed by atoms with van der Waals surface area (Å²) in [5.74, 6) is -0.0573. The fourth-order valence-electron chi connectivity index (χ4n) is 11.7. The van der Waals surface area contributed by atoms with E-state index in [0.717, 1.165) is 57.8 Å². The molecule has 2 unspecified atom stereocenters. The predicted octanol–water partition coefficient (Wildman–Crippen LogP) is 25.0. The molecule has 2 atom stereocenters. The second kappa shape index (κ2) is 74.0. The van der Waals surface area contributed by atoms with E-state index in [1.807, 2.05) is 6.08 Å². The highest BCUT2D eigenvalue weighted by Crippen LogP contribution is 2.18. The number of carbonyl (C=O) groups excluding carboxylic acids is 2. The normalized spacial score (nSPS) is 12.8. The number of esters is 1. The first-order chi connectivity index (χ1) is 42.0. The van der Waals surface area contributed by atoms with E-state index in [4.69, 9.17) is 4.74 Å². The quantitative estimate of drug-likeness (QED) is 0.0320. The Kier molecular flexibility index (Phi) is 71.9. The van der Waals surface area contributed by atoms with Gasteiger partial charge in [0.15, 0.2) is 0 Å². The number of rotatable bonds is 71. The lowest BCUT2D eigenvalue weighted by atomic mass is 10.0. The van der Waals surface area contributed by atoms with E-state index in [2.05, 4.69) is 67.8 Å². The number of carbonyl (C=O) groups is 2. The van der Waals surface area contributed by atoms with E-state index in [0.29, 0.717) is 19.4 Å². The number of unbranched alkanes of at least 4 members (excludes halogenated alkanes) is 52. The van der Waals surface area contributed by atoms with E-state index < -0.39 is 12.1 Å². The van der Waals surface area contributed by atoms with Crippen molar-refractivity contribution in [2.24, 2.45) is 0 Å². The van der Waals surface area contributed by atoms with Gasteiger partial charge >= 0.3 is 5.97 Å². The first-order valence-corrected chi connectivity index (χ1v) is 38.1. The lowest BCUT2D eigenvalue weighted by Crippen LogP contribution is -2.45. The third-order valence-electron chi connectivity index (χ3n) is 17.5. The van der Waals surface area contributed by atoms with Gasteiger partial charge in [0.05, 0.1) is 25.4 Å². The zero-order valence-electron chi connectivity index (χ0n) is 57.1. The summed E-state index contributed by atoms with van der Waals surface area (Å²) in [5, 5.41) is 23.1. The molecule has 498 valence electrons. The van der Waals surface area contributed by atoms with Gasteiger partial charge in [0, 0.05) is 12.8 Å². The Morgan fingerprint density at radius 3 is 0.906 bits per heavy atom. The summed E-state index contributed by atoms with van der Waals surface area (Å²) >= 11 is 0. The van der Waals surface area contributed by atoms with Crippen LogP contribution in [0.4, 0.5) is 0 Å². The largest absolute Gasteiger partial charge is 0.466 e. The van der Waals surface area contributed by atoms with Gasteiger partial charge < -0.3 is 20.3 Å². The van der Waals surface area contributed by atoms with Crippen molar-refractivity contribution in [3.8, 4) is 0 Å². The van der Waals surface area contributed by atoms with Crippen molar-refractivity contribution in [2.75, 3.05) is 13.2 Å². The van der Waals surface area contributed by atoms with Crippen LogP contribution in [-0.4, -0.2) is 47.4 Å². The summed E-state index contributed by atoms with van der Waals surface area (Å²) in [4.78, 5) is 24.6. The van der Waals surface area contributed by atoms with Crippen molar-refractivity contribution in [1.82, 2.24) is 5.32 Å². The van der Waals surface area contributed by atoms with E-state index in [1.165, 1.54) is 321 Å². The number of hydrogen-bond donors (Lipinski definition) is 3. The fourth-order valence-corrected chi connectivity index (χ4v) is 11.7. The number of aliphatic hydroxyl groups is 2. The highest BCUT2D eigenvalue weighted by atomic mass is 16.5. The summed E-state index contributed by atoms with van der Waals surface area (Å²) < 4.78 is 5.49. The Bertz CT molecular complexity index is 1470. The molecule has 0 saturated carbocycles. The standard InChI is InChI=1S/C79H147NO5/c1-3-5-7-9-11-13-15-17-18-45-49-53-57-61-65-69-73-79(84)85-74-70-66-62-58-54-50-46-43-41-39-37-35-33-31-29-27-25-23-21-19-20-22-24-26-28-30-32-34-36-38-40-42-44-48-52-56-60-64-68-72-78(83)80-76(75-81)77(82)71-67-63-59-55-51-47-16-14-12-10-8-6-4-2/h13,15,18-20,23,25,45,67,71,76-77,81-82H,3-12,14,16-17,21-22,24,26-44,46-66,68-70,72-75H2,1-2H3,(H,80,83)/b15-13-,20-19-,25-23-,45-18-,71-67+. The van der Waals surface area contributed by atoms with Crippen LogP contribution in [0.5, 0.6) is 0 Å². The molecule has 0 aliphatic heterocycles. The molecule has 0 fully saturated rings. The van der Waals surface area contributed by atoms with Gasteiger partial charge in [-0.15, -0.1) is 0 Å². The van der Waals surface area contributed by atoms with E-state index >= 15 is 0 Å². The predicted molar refractivity (Wildman–Crippen MR) is 375 cm³/mol. The van der Waals surface area contributed by atoms with Crippen LogP contribution >= 0.6 is 0 Å². The van der Waals surface area contributed by atoms with Crippen LogP contribution in [0.3, 0.4) is 0 Å². The van der Waals surface area contributed by atoms with Crippen molar-refractivity contribution >= 4 is 11.9 Å². The SMILES string of the molecule is CCCCCC/C=C\C/C=C\CCCCCCCC(=O)OCCCCCCCCCCCCCCCCC/C=C\C/C=C\CCCCCCCCCCCCCCCCCCCC(=O)NC(CO)C(O)/C=C/CCCCCCCCCCCCC. The molecule has 0 rings (SSSR count). The summed E-state index contributed by atoms with van der Waals surface area (Å²) in [7, 11) is 0. The molecule has 6 heteroatoms. The Morgan fingerprint density at radius 2 is 0.588 bits per heavy atom. The summed E-state index contributed by atoms with van der Waals surface area (Å²) in [6, 6.07) is -0.625. The molecular formula is C79H147NO5. The second-order valence-electron chi connectivity index (χ2n) is 26.0. The molecule has 85 heavy (non-hydrogen) atoms. The summed E-state index contributed by atoms with van der Waals surface area (Å²) in [5.41, 5.74) is 0. The molecule has 0 aliphatic carbocycles. The Morgan fingerprint density at radius 1 is 0.329 bits per heavy atom. The number of ether oxygens (including phenoxy) is 1. The van der Waals surface area contributed by atoms with Crippen LogP contribution in [0, 0.1) is 0 Å². The Hall–Kier alpha value is -2.44. The molecule has 0 bridgehead atoms. The molecule has 0 heterocycles. The van der Waals surface area contributed by atoms with Crippen molar-refractivity contribution < 1.29 is 24.5 Å². The molecule has 0 aromatic heterocycles. The average Bonchev–Trinajstić information content (AvgIpc) is 3.51.